The fourth-order valence-corrected chi connectivity index (χ4v) is 2.42. The van der Waals surface area contributed by atoms with Crippen LogP contribution in [0.5, 0.6) is 0 Å². The molecule has 0 aliphatic rings. The minimum absolute atomic E-state index is 0.565. The van der Waals surface area contributed by atoms with Gasteiger partial charge >= 0.3 is 0 Å². The number of rotatable bonds is 6. The molecule has 1 nitrogen and oxygen atoms in total. The summed E-state index contributed by atoms with van der Waals surface area (Å²) in [5.41, 5.74) is 0. The van der Waals surface area contributed by atoms with E-state index in [9.17, 15) is 0 Å². The molecule has 1 aromatic heterocycles. The molecule has 14 heavy (non-hydrogen) atoms. The average Bonchev–Trinajstić information content (AvgIpc) is 2.69. The maximum Gasteiger partial charge on any atom is 0.0417 e. The highest BCUT2D eigenvalue weighted by Gasteiger charge is 2.13. The van der Waals surface area contributed by atoms with E-state index in [1.54, 1.807) is 0 Å². The van der Waals surface area contributed by atoms with E-state index < -0.39 is 0 Å². The second-order valence-corrected chi connectivity index (χ2v) is 4.85. The Labute approximate surface area is 91.5 Å². The van der Waals surface area contributed by atoms with Crippen molar-refractivity contribution in [3.8, 4) is 0 Å². The summed E-state index contributed by atoms with van der Waals surface area (Å²) in [4.78, 5) is 1.48. The van der Waals surface area contributed by atoms with Gasteiger partial charge in [0.15, 0.2) is 0 Å². The SMILES string of the molecule is CCNC(CC(C)CC)c1cccs1. The molecule has 0 radical (unpaired) electrons. The Morgan fingerprint density at radius 3 is 2.71 bits per heavy atom. The Bertz CT molecular complexity index is 230. The second kappa shape index (κ2) is 6.20. The first-order valence-electron chi connectivity index (χ1n) is 5.54. The molecule has 1 rings (SSSR count). The predicted molar refractivity (Wildman–Crippen MR) is 64.8 cm³/mol. The van der Waals surface area contributed by atoms with Crippen LogP contribution >= 0.6 is 11.3 Å². The Morgan fingerprint density at radius 2 is 2.21 bits per heavy atom. The average molecular weight is 211 g/mol. The molecule has 1 aromatic rings. The summed E-state index contributed by atoms with van der Waals surface area (Å²) in [6, 6.07) is 4.94. The summed E-state index contributed by atoms with van der Waals surface area (Å²) < 4.78 is 0. The summed E-state index contributed by atoms with van der Waals surface area (Å²) in [6.45, 7) is 7.83. The van der Waals surface area contributed by atoms with Gasteiger partial charge in [-0.15, -0.1) is 11.3 Å². The van der Waals surface area contributed by atoms with Crippen LogP contribution in [0.3, 0.4) is 0 Å². The largest absolute Gasteiger partial charge is 0.310 e. The molecule has 2 atom stereocenters. The third-order valence-electron chi connectivity index (χ3n) is 2.67. The van der Waals surface area contributed by atoms with E-state index >= 15 is 0 Å². The van der Waals surface area contributed by atoms with E-state index in [1.807, 2.05) is 11.3 Å². The van der Waals surface area contributed by atoms with Crippen molar-refractivity contribution in [3.63, 3.8) is 0 Å². The van der Waals surface area contributed by atoms with Crippen LogP contribution in [-0.2, 0) is 0 Å². The molecule has 0 amide bonds. The molecule has 2 unspecified atom stereocenters. The Kier molecular flexibility index (Phi) is 5.20. The van der Waals surface area contributed by atoms with Crippen molar-refractivity contribution < 1.29 is 0 Å². The van der Waals surface area contributed by atoms with Crippen LogP contribution in [0.2, 0.25) is 0 Å². The zero-order chi connectivity index (χ0) is 10.4. The van der Waals surface area contributed by atoms with Crippen molar-refractivity contribution >= 4 is 11.3 Å². The maximum atomic E-state index is 3.56. The number of thiophene rings is 1. The van der Waals surface area contributed by atoms with Crippen LogP contribution in [0, 0.1) is 5.92 Å². The van der Waals surface area contributed by atoms with E-state index in [0.717, 1.165) is 12.5 Å². The standard InChI is InChI=1S/C12H21NS/c1-4-10(3)9-11(13-5-2)12-7-6-8-14-12/h6-8,10-11,13H,4-5,9H2,1-3H3. The molecule has 0 aliphatic heterocycles. The van der Waals surface area contributed by atoms with E-state index in [-0.39, 0.29) is 0 Å². The number of nitrogens with one attached hydrogen (secondary N) is 1. The normalized spacial score (nSPS) is 15.4. The van der Waals surface area contributed by atoms with Crippen molar-refractivity contribution in [2.75, 3.05) is 6.54 Å². The lowest BCUT2D eigenvalue weighted by Gasteiger charge is -2.19. The van der Waals surface area contributed by atoms with Crippen molar-refractivity contribution in [1.82, 2.24) is 5.32 Å². The van der Waals surface area contributed by atoms with Crippen LogP contribution in [0.15, 0.2) is 17.5 Å². The number of hydrogen-bond donors (Lipinski definition) is 1. The van der Waals surface area contributed by atoms with E-state index in [0.29, 0.717) is 6.04 Å². The molecule has 80 valence electrons. The smallest absolute Gasteiger partial charge is 0.0417 e. The van der Waals surface area contributed by atoms with Crippen molar-refractivity contribution in [3.05, 3.63) is 22.4 Å². The molecule has 0 spiro atoms. The maximum absolute atomic E-state index is 3.56. The first-order valence-corrected chi connectivity index (χ1v) is 6.42. The summed E-state index contributed by atoms with van der Waals surface area (Å²) in [7, 11) is 0. The van der Waals surface area contributed by atoms with Gasteiger partial charge in [-0.3, -0.25) is 0 Å². The fourth-order valence-electron chi connectivity index (χ4n) is 1.61. The summed E-state index contributed by atoms with van der Waals surface area (Å²) in [5.74, 6) is 0.807. The van der Waals surface area contributed by atoms with E-state index in [1.165, 1.54) is 17.7 Å². The third kappa shape index (κ3) is 3.43. The van der Waals surface area contributed by atoms with Crippen LogP contribution in [0.1, 0.15) is 44.5 Å². The highest BCUT2D eigenvalue weighted by molar-refractivity contribution is 7.10. The lowest BCUT2D eigenvalue weighted by molar-refractivity contribution is 0.412. The molecule has 0 saturated heterocycles. The molecule has 0 saturated carbocycles. The summed E-state index contributed by atoms with van der Waals surface area (Å²) in [6.07, 6.45) is 2.53. The molecule has 0 fully saturated rings. The van der Waals surface area contributed by atoms with Crippen LogP contribution in [0.25, 0.3) is 0 Å². The molecule has 2 heteroatoms. The minimum Gasteiger partial charge on any atom is -0.310 e. The molecule has 1 N–H and O–H groups in total. The van der Waals surface area contributed by atoms with Gasteiger partial charge in [-0.25, -0.2) is 0 Å². The zero-order valence-corrected chi connectivity index (χ0v) is 10.2. The van der Waals surface area contributed by atoms with Gasteiger partial charge < -0.3 is 5.32 Å². The first kappa shape index (κ1) is 11.7. The van der Waals surface area contributed by atoms with Gasteiger partial charge in [0.25, 0.3) is 0 Å². The van der Waals surface area contributed by atoms with Crippen molar-refractivity contribution in [2.45, 2.75) is 39.7 Å². The minimum atomic E-state index is 0.565. The predicted octanol–water partition coefficient (Wildman–Crippen LogP) is 3.83. The van der Waals surface area contributed by atoms with E-state index in [2.05, 4.69) is 43.6 Å². The van der Waals surface area contributed by atoms with Crippen molar-refractivity contribution in [1.29, 1.82) is 0 Å². The molecular formula is C12H21NS. The van der Waals surface area contributed by atoms with E-state index in [4.69, 9.17) is 0 Å². The molecule has 1 heterocycles. The monoisotopic (exact) mass is 211 g/mol. The van der Waals surface area contributed by atoms with Gasteiger partial charge in [0.05, 0.1) is 0 Å². The Balaban J connectivity index is 2.55. The van der Waals surface area contributed by atoms with Crippen LogP contribution in [0.4, 0.5) is 0 Å². The van der Waals surface area contributed by atoms with Crippen LogP contribution in [-0.4, -0.2) is 6.54 Å². The Hall–Kier alpha value is -0.340. The lowest BCUT2D eigenvalue weighted by Crippen LogP contribution is -2.21. The van der Waals surface area contributed by atoms with Gasteiger partial charge in [-0.2, -0.15) is 0 Å². The summed E-state index contributed by atoms with van der Waals surface area (Å²) in [5, 5.41) is 5.72. The quantitative estimate of drug-likeness (QED) is 0.754. The van der Waals surface area contributed by atoms with Gasteiger partial charge in [0.1, 0.15) is 0 Å². The van der Waals surface area contributed by atoms with Gasteiger partial charge in [-0.05, 0) is 30.3 Å². The number of hydrogen-bond acceptors (Lipinski definition) is 2. The highest BCUT2D eigenvalue weighted by Crippen LogP contribution is 2.26. The first-order chi connectivity index (χ1) is 6.77. The molecule has 0 bridgehead atoms. The van der Waals surface area contributed by atoms with Gasteiger partial charge in [0, 0.05) is 10.9 Å². The third-order valence-corrected chi connectivity index (χ3v) is 3.66. The van der Waals surface area contributed by atoms with Gasteiger partial charge in [0.2, 0.25) is 0 Å². The fraction of sp³-hybridized carbons (Fsp3) is 0.667. The van der Waals surface area contributed by atoms with Gasteiger partial charge in [-0.1, -0.05) is 33.3 Å². The Morgan fingerprint density at radius 1 is 1.43 bits per heavy atom. The molecular weight excluding hydrogens is 190 g/mol. The van der Waals surface area contributed by atoms with Crippen LogP contribution < -0.4 is 5.32 Å². The molecule has 0 aromatic carbocycles. The second-order valence-electron chi connectivity index (χ2n) is 3.87. The highest BCUT2D eigenvalue weighted by atomic mass is 32.1. The lowest BCUT2D eigenvalue weighted by atomic mass is 9.98. The van der Waals surface area contributed by atoms with Crippen molar-refractivity contribution in [2.24, 2.45) is 5.92 Å². The molecule has 0 aliphatic carbocycles. The summed E-state index contributed by atoms with van der Waals surface area (Å²) >= 11 is 1.86. The topological polar surface area (TPSA) is 12.0 Å². The zero-order valence-electron chi connectivity index (χ0n) is 9.42.